The van der Waals surface area contributed by atoms with Gasteiger partial charge in [-0.2, -0.15) is 0 Å². The quantitative estimate of drug-likeness (QED) is 0.689. The zero-order chi connectivity index (χ0) is 18.1. The van der Waals surface area contributed by atoms with Gasteiger partial charge in [0.2, 0.25) is 0 Å². The maximum absolute atomic E-state index is 12.1. The number of hydrogen-bond donors (Lipinski definition) is 1. The van der Waals surface area contributed by atoms with Crippen molar-refractivity contribution in [2.24, 2.45) is 5.92 Å². The van der Waals surface area contributed by atoms with E-state index in [2.05, 4.69) is 24.1 Å². The van der Waals surface area contributed by atoms with Gasteiger partial charge in [-0.3, -0.25) is 14.5 Å². The highest BCUT2D eigenvalue weighted by Gasteiger charge is 2.22. The number of morpholine rings is 1. The Labute approximate surface area is 149 Å². The smallest absolute Gasteiger partial charge is 0.257 e. The normalized spacial score (nSPS) is 16.4. The van der Waals surface area contributed by atoms with Gasteiger partial charge >= 0.3 is 0 Å². The molecule has 0 saturated carbocycles. The van der Waals surface area contributed by atoms with Crippen molar-refractivity contribution in [3.05, 3.63) is 29.8 Å². The molecule has 1 atom stereocenters. The van der Waals surface area contributed by atoms with Crippen LogP contribution in [0.1, 0.15) is 30.6 Å². The molecule has 1 unspecified atom stereocenters. The Morgan fingerprint density at radius 1 is 1.28 bits per heavy atom. The van der Waals surface area contributed by atoms with Crippen molar-refractivity contribution in [1.82, 2.24) is 10.2 Å². The number of hydrogen-bond acceptors (Lipinski definition) is 5. The van der Waals surface area contributed by atoms with Gasteiger partial charge in [0.05, 0.1) is 13.2 Å². The molecule has 138 valence electrons. The van der Waals surface area contributed by atoms with Crippen LogP contribution in [0.5, 0.6) is 5.75 Å². The van der Waals surface area contributed by atoms with Gasteiger partial charge in [-0.1, -0.05) is 13.8 Å². The van der Waals surface area contributed by atoms with Gasteiger partial charge in [0.25, 0.3) is 5.91 Å². The SMILES string of the molecule is CC(C)CC(CNC(=O)COc1ccc(C=O)cc1)N1CCOCC1. The van der Waals surface area contributed by atoms with E-state index >= 15 is 0 Å². The number of nitrogens with one attached hydrogen (secondary N) is 1. The van der Waals surface area contributed by atoms with Crippen LogP contribution in [0.2, 0.25) is 0 Å². The minimum atomic E-state index is -0.138. The van der Waals surface area contributed by atoms with E-state index in [9.17, 15) is 9.59 Å². The van der Waals surface area contributed by atoms with Crippen LogP contribution >= 0.6 is 0 Å². The van der Waals surface area contributed by atoms with Crippen molar-refractivity contribution in [1.29, 1.82) is 0 Å². The molecule has 0 spiro atoms. The molecule has 2 rings (SSSR count). The monoisotopic (exact) mass is 348 g/mol. The van der Waals surface area contributed by atoms with E-state index in [0.29, 0.717) is 29.8 Å². The van der Waals surface area contributed by atoms with Crippen LogP contribution in [0.25, 0.3) is 0 Å². The van der Waals surface area contributed by atoms with Crippen LogP contribution in [-0.2, 0) is 9.53 Å². The molecule has 1 N–H and O–H groups in total. The summed E-state index contributed by atoms with van der Waals surface area (Å²) in [5.74, 6) is 1.01. The molecule has 6 nitrogen and oxygen atoms in total. The van der Waals surface area contributed by atoms with Crippen LogP contribution < -0.4 is 10.1 Å². The Hall–Kier alpha value is -1.92. The van der Waals surface area contributed by atoms with E-state index in [1.54, 1.807) is 24.3 Å². The standard InChI is InChI=1S/C19H28N2O4/c1-15(2)11-17(21-7-9-24-10-8-21)12-20-19(23)14-25-18-5-3-16(13-22)4-6-18/h3-6,13,15,17H,7-12,14H2,1-2H3,(H,20,23). The van der Waals surface area contributed by atoms with Gasteiger partial charge in [-0.05, 0) is 36.6 Å². The summed E-state index contributed by atoms with van der Waals surface area (Å²) >= 11 is 0. The fourth-order valence-corrected chi connectivity index (χ4v) is 2.92. The highest BCUT2D eigenvalue weighted by molar-refractivity contribution is 5.77. The summed E-state index contributed by atoms with van der Waals surface area (Å²) in [5.41, 5.74) is 0.582. The molecule has 0 radical (unpaired) electrons. The number of carbonyl (C=O) groups excluding carboxylic acids is 2. The number of amides is 1. The molecule has 6 heteroatoms. The first kappa shape index (κ1) is 19.4. The predicted molar refractivity (Wildman–Crippen MR) is 96.0 cm³/mol. The van der Waals surface area contributed by atoms with Gasteiger partial charge in [-0.15, -0.1) is 0 Å². The molecular weight excluding hydrogens is 320 g/mol. The third kappa shape index (κ3) is 6.84. The molecule has 1 amide bonds. The van der Waals surface area contributed by atoms with Crippen LogP contribution in [-0.4, -0.2) is 62.6 Å². The Bertz CT molecular complexity index is 539. The molecule has 1 fully saturated rings. The number of carbonyl (C=O) groups is 2. The van der Waals surface area contributed by atoms with E-state index < -0.39 is 0 Å². The Kier molecular flexibility index (Phi) is 7.88. The van der Waals surface area contributed by atoms with Crippen LogP contribution in [0.3, 0.4) is 0 Å². The third-order valence-corrected chi connectivity index (χ3v) is 4.23. The zero-order valence-corrected chi connectivity index (χ0v) is 15.1. The molecule has 1 saturated heterocycles. The summed E-state index contributed by atoms with van der Waals surface area (Å²) in [7, 11) is 0. The number of benzene rings is 1. The molecule has 1 heterocycles. The fourth-order valence-electron chi connectivity index (χ4n) is 2.92. The lowest BCUT2D eigenvalue weighted by molar-refractivity contribution is -0.123. The molecule has 1 aliphatic rings. The molecule has 25 heavy (non-hydrogen) atoms. The van der Waals surface area contributed by atoms with E-state index in [4.69, 9.17) is 9.47 Å². The maximum atomic E-state index is 12.1. The summed E-state index contributed by atoms with van der Waals surface area (Å²) < 4.78 is 10.9. The van der Waals surface area contributed by atoms with Crippen molar-refractivity contribution >= 4 is 12.2 Å². The van der Waals surface area contributed by atoms with E-state index in [-0.39, 0.29) is 12.5 Å². The molecule has 1 aromatic rings. The number of nitrogens with zero attached hydrogens (tertiary/aromatic N) is 1. The molecule has 1 aliphatic heterocycles. The average Bonchev–Trinajstić information content (AvgIpc) is 2.64. The van der Waals surface area contributed by atoms with E-state index in [1.165, 1.54) is 0 Å². The van der Waals surface area contributed by atoms with Gasteiger partial charge in [0, 0.05) is 31.2 Å². The number of ether oxygens (including phenoxy) is 2. The fraction of sp³-hybridized carbons (Fsp3) is 0.579. The summed E-state index contributed by atoms with van der Waals surface area (Å²) in [5, 5.41) is 2.98. The Morgan fingerprint density at radius 2 is 1.96 bits per heavy atom. The number of rotatable bonds is 9. The Balaban J connectivity index is 1.77. The second-order valence-electron chi connectivity index (χ2n) is 6.71. The molecular formula is C19H28N2O4. The van der Waals surface area contributed by atoms with E-state index in [1.807, 2.05) is 0 Å². The van der Waals surface area contributed by atoms with Crippen molar-refractivity contribution in [3.63, 3.8) is 0 Å². The second-order valence-corrected chi connectivity index (χ2v) is 6.71. The van der Waals surface area contributed by atoms with Gasteiger partial charge < -0.3 is 14.8 Å². The predicted octanol–water partition coefficient (Wildman–Crippen LogP) is 1.74. The summed E-state index contributed by atoms with van der Waals surface area (Å²) in [6.45, 7) is 8.30. The summed E-state index contributed by atoms with van der Waals surface area (Å²) in [6, 6.07) is 7.02. The van der Waals surface area contributed by atoms with Crippen molar-refractivity contribution in [2.45, 2.75) is 26.3 Å². The Morgan fingerprint density at radius 3 is 2.56 bits per heavy atom. The molecule has 1 aromatic carbocycles. The first-order valence-corrected chi connectivity index (χ1v) is 8.85. The second kappa shape index (κ2) is 10.2. The topological polar surface area (TPSA) is 67.9 Å². The summed E-state index contributed by atoms with van der Waals surface area (Å²) in [6.07, 6.45) is 1.81. The van der Waals surface area contributed by atoms with E-state index in [0.717, 1.165) is 39.0 Å². The van der Waals surface area contributed by atoms with Crippen LogP contribution in [0.4, 0.5) is 0 Å². The molecule has 0 bridgehead atoms. The lowest BCUT2D eigenvalue weighted by atomic mass is 10.0. The summed E-state index contributed by atoms with van der Waals surface area (Å²) in [4.78, 5) is 25.1. The third-order valence-electron chi connectivity index (χ3n) is 4.23. The molecule has 0 aromatic heterocycles. The van der Waals surface area contributed by atoms with Gasteiger partial charge in [0.15, 0.2) is 6.61 Å². The van der Waals surface area contributed by atoms with Crippen molar-refractivity contribution < 1.29 is 19.1 Å². The maximum Gasteiger partial charge on any atom is 0.257 e. The largest absolute Gasteiger partial charge is 0.484 e. The van der Waals surface area contributed by atoms with Crippen LogP contribution in [0, 0.1) is 5.92 Å². The first-order chi connectivity index (χ1) is 12.1. The van der Waals surface area contributed by atoms with Crippen LogP contribution in [0.15, 0.2) is 24.3 Å². The lowest BCUT2D eigenvalue weighted by Gasteiger charge is -2.35. The lowest BCUT2D eigenvalue weighted by Crippen LogP contribution is -2.49. The first-order valence-electron chi connectivity index (χ1n) is 8.85. The minimum Gasteiger partial charge on any atom is -0.484 e. The highest BCUT2D eigenvalue weighted by Crippen LogP contribution is 2.13. The average molecular weight is 348 g/mol. The molecule has 0 aliphatic carbocycles. The van der Waals surface area contributed by atoms with Gasteiger partial charge in [-0.25, -0.2) is 0 Å². The zero-order valence-electron chi connectivity index (χ0n) is 15.1. The highest BCUT2D eigenvalue weighted by atomic mass is 16.5. The van der Waals surface area contributed by atoms with Crippen molar-refractivity contribution in [2.75, 3.05) is 39.5 Å². The van der Waals surface area contributed by atoms with Gasteiger partial charge in [0.1, 0.15) is 12.0 Å². The number of aldehydes is 1. The minimum absolute atomic E-state index is 0.0298. The van der Waals surface area contributed by atoms with Crippen molar-refractivity contribution in [3.8, 4) is 5.75 Å².